The second-order valence-corrected chi connectivity index (χ2v) is 4.30. The molecule has 0 fully saturated rings. The maximum atomic E-state index is 10.8. The molecule has 0 aliphatic carbocycles. The molecule has 98 valence electrons. The molecule has 18 heavy (non-hydrogen) atoms. The van der Waals surface area contributed by atoms with Crippen molar-refractivity contribution in [2.75, 3.05) is 13.2 Å². The van der Waals surface area contributed by atoms with Crippen molar-refractivity contribution in [2.24, 2.45) is 17.8 Å². The molecule has 0 heterocycles. The molecule has 0 aliphatic rings. The number of terminal acetylenes is 2. The highest BCUT2D eigenvalue weighted by molar-refractivity contribution is 5.87. The van der Waals surface area contributed by atoms with Crippen LogP contribution in [0.2, 0.25) is 0 Å². The van der Waals surface area contributed by atoms with Gasteiger partial charge in [0, 0.05) is 11.8 Å². The van der Waals surface area contributed by atoms with Crippen molar-refractivity contribution in [3.63, 3.8) is 0 Å². The topological polar surface area (TPSA) is 52.6 Å². The Hall–Kier alpha value is -1.94. The van der Waals surface area contributed by atoms with E-state index >= 15 is 0 Å². The summed E-state index contributed by atoms with van der Waals surface area (Å²) in [7, 11) is 0. The van der Waals surface area contributed by atoms with E-state index < -0.39 is 11.9 Å². The normalized spacial score (nSPS) is 14.5. The van der Waals surface area contributed by atoms with Crippen LogP contribution in [0.4, 0.5) is 0 Å². The van der Waals surface area contributed by atoms with Crippen LogP contribution in [0.5, 0.6) is 0 Å². The standard InChI is InChI=1S/C14H18O4/c1-6-13(15)17-8-10(3)12(5)11(4)9-18-14(16)7-2/h1-2,10-12H,8-9H2,3-5H3. The van der Waals surface area contributed by atoms with Gasteiger partial charge in [0.25, 0.3) is 0 Å². The molecule has 0 radical (unpaired) electrons. The zero-order chi connectivity index (χ0) is 14.1. The first-order chi connectivity index (χ1) is 8.42. The molecule has 2 atom stereocenters. The van der Waals surface area contributed by atoms with E-state index in [1.807, 2.05) is 32.6 Å². The summed E-state index contributed by atoms with van der Waals surface area (Å²) in [6, 6.07) is 0. The molecule has 0 amide bonds. The molecule has 0 aromatic rings. The first-order valence-corrected chi connectivity index (χ1v) is 5.69. The fourth-order valence-corrected chi connectivity index (χ4v) is 1.36. The van der Waals surface area contributed by atoms with Crippen molar-refractivity contribution in [1.82, 2.24) is 0 Å². The molecule has 0 aromatic carbocycles. The van der Waals surface area contributed by atoms with E-state index in [2.05, 4.69) is 0 Å². The van der Waals surface area contributed by atoms with Gasteiger partial charge in [0.1, 0.15) is 0 Å². The van der Waals surface area contributed by atoms with Gasteiger partial charge in [-0.1, -0.05) is 20.8 Å². The summed E-state index contributed by atoms with van der Waals surface area (Å²) < 4.78 is 9.71. The van der Waals surface area contributed by atoms with E-state index in [0.717, 1.165) is 0 Å². The molecule has 0 aromatic heterocycles. The van der Waals surface area contributed by atoms with Crippen LogP contribution >= 0.6 is 0 Å². The van der Waals surface area contributed by atoms with Crippen LogP contribution in [-0.2, 0) is 19.1 Å². The fraction of sp³-hybridized carbons (Fsp3) is 0.571. The maximum absolute atomic E-state index is 10.8. The molecule has 0 spiro atoms. The molecule has 2 unspecified atom stereocenters. The van der Waals surface area contributed by atoms with Gasteiger partial charge < -0.3 is 9.47 Å². The molecule has 0 saturated heterocycles. The predicted molar refractivity (Wildman–Crippen MR) is 67.1 cm³/mol. The maximum Gasteiger partial charge on any atom is 0.384 e. The van der Waals surface area contributed by atoms with E-state index in [0.29, 0.717) is 0 Å². The fourth-order valence-electron chi connectivity index (χ4n) is 1.36. The Labute approximate surface area is 108 Å². The van der Waals surface area contributed by atoms with Crippen molar-refractivity contribution in [3.05, 3.63) is 0 Å². The minimum Gasteiger partial charge on any atom is -0.456 e. The largest absolute Gasteiger partial charge is 0.456 e. The summed E-state index contributed by atoms with van der Waals surface area (Å²) in [5, 5.41) is 0. The predicted octanol–water partition coefficient (Wildman–Crippen LogP) is 1.25. The second-order valence-electron chi connectivity index (χ2n) is 4.30. The van der Waals surface area contributed by atoms with Crippen molar-refractivity contribution >= 4 is 11.9 Å². The number of rotatable bonds is 6. The molecular formula is C14H18O4. The van der Waals surface area contributed by atoms with E-state index in [4.69, 9.17) is 22.3 Å². The quantitative estimate of drug-likeness (QED) is 0.404. The van der Waals surface area contributed by atoms with Crippen molar-refractivity contribution < 1.29 is 19.1 Å². The van der Waals surface area contributed by atoms with Gasteiger partial charge in [0.15, 0.2) is 0 Å². The van der Waals surface area contributed by atoms with Crippen LogP contribution in [-0.4, -0.2) is 25.2 Å². The molecule has 0 bridgehead atoms. The number of hydrogen-bond donors (Lipinski definition) is 0. The Morgan fingerprint density at radius 3 is 1.56 bits per heavy atom. The summed E-state index contributed by atoms with van der Waals surface area (Å²) in [6.07, 6.45) is 9.78. The molecule has 4 nitrogen and oxygen atoms in total. The van der Waals surface area contributed by atoms with Crippen LogP contribution < -0.4 is 0 Å². The Kier molecular flexibility index (Phi) is 7.31. The zero-order valence-corrected chi connectivity index (χ0v) is 10.9. The zero-order valence-electron chi connectivity index (χ0n) is 10.9. The average Bonchev–Trinajstić information content (AvgIpc) is 2.39. The molecule has 4 heteroatoms. The second kappa shape index (κ2) is 8.20. The van der Waals surface area contributed by atoms with Gasteiger partial charge in [-0.15, -0.1) is 12.8 Å². The smallest absolute Gasteiger partial charge is 0.384 e. The van der Waals surface area contributed by atoms with E-state index in [1.165, 1.54) is 0 Å². The third kappa shape index (κ3) is 5.96. The molecule has 0 aliphatic heterocycles. The lowest BCUT2D eigenvalue weighted by Gasteiger charge is -2.25. The number of carbonyl (C=O) groups is 2. The van der Waals surface area contributed by atoms with Gasteiger partial charge in [0.05, 0.1) is 13.2 Å². The first kappa shape index (κ1) is 16.1. The van der Waals surface area contributed by atoms with E-state index in [1.54, 1.807) is 0 Å². The minimum atomic E-state index is -0.666. The number of ether oxygens (including phenoxy) is 2. The SMILES string of the molecule is C#CC(=O)OCC(C)C(C)C(C)COC(=O)C#C. The Balaban J connectivity index is 4.09. The van der Waals surface area contributed by atoms with Gasteiger partial charge in [-0.2, -0.15) is 0 Å². The number of carbonyl (C=O) groups excluding carboxylic acids is 2. The van der Waals surface area contributed by atoms with E-state index in [9.17, 15) is 9.59 Å². The Bertz CT molecular complexity index is 336. The van der Waals surface area contributed by atoms with Gasteiger partial charge in [-0.25, -0.2) is 9.59 Å². The van der Waals surface area contributed by atoms with E-state index in [-0.39, 0.29) is 31.0 Å². The third-order valence-electron chi connectivity index (χ3n) is 2.99. The van der Waals surface area contributed by atoms with Gasteiger partial charge in [0.2, 0.25) is 0 Å². The lowest BCUT2D eigenvalue weighted by Crippen LogP contribution is -2.25. The monoisotopic (exact) mass is 250 g/mol. The van der Waals surface area contributed by atoms with Crippen molar-refractivity contribution in [3.8, 4) is 24.7 Å². The lowest BCUT2D eigenvalue weighted by atomic mass is 9.86. The molecule has 0 saturated carbocycles. The van der Waals surface area contributed by atoms with Crippen LogP contribution in [0.25, 0.3) is 0 Å². The Morgan fingerprint density at radius 1 is 0.944 bits per heavy atom. The summed E-state index contributed by atoms with van der Waals surface area (Å²) in [4.78, 5) is 21.6. The minimum absolute atomic E-state index is 0.113. The molecule has 0 rings (SSSR count). The highest BCUT2D eigenvalue weighted by atomic mass is 16.5. The number of esters is 2. The average molecular weight is 250 g/mol. The van der Waals surface area contributed by atoms with Gasteiger partial charge in [-0.05, 0) is 17.8 Å². The molecular weight excluding hydrogens is 232 g/mol. The van der Waals surface area contributed by atoms with Crippen LogP contribution in [0.1, 0.15) is 20.8 Å². The number of hydrogen-bond acceptors (Lipinski definition) is 4. The molecule has 0 N–H and O–H groups in total. The summed E-state index contributed by atoms with van der Waals surface area (Å²) in [6.45, 7) is 6.36. The summed E-state index contributed by atoms with van der Waals surface area (Å²) >= 11 is 0. The highest BCUT2D eigenvalue weighted by Crippen LogP contribution is 2.21. The lowest BCUT2D eigenvalue weighted by molar-refractivity contribution is -0.139. The first-order valence-electron chi connectivity index (χ1n) is 5.69. The van der Waals surface area contributed by atoms with Crippen LogP contribution in [0.15, 0.2) is 0 Å². The summed E-state index contributed by atoms with van der Waals surface area (Å²) in [5.41, 5.74) is 0. The van der Waals surface area contributed by atoms with Crippen LogP contribution in [0, 0.1) is 42.4 Å². The van der Waals surface area contributed by atoms with Crippen molar-refractivity contribution in [2.45, 2.75) is 20.8 Å². The third-order valence-corrected chi connectivity index (χ3v) is 2.99. The van der Waals surface area contributed by atoms with Crippen LogP contribution in [0.3, 0.4) is 0 Å². The van der Waals surface area contributed by atoms with Gasteiger partial charge >= 0.3 is 11.9 Å². The highest BCUT2D eigenvalue weighted by Gasteiger charge is 2.21. The summed E-state index contributed by atoms with van der Waals surface area (Å²) in [5.74, 6) is 2.86. The Morgan fingerprint density at radius 2 is 1.28 bits per heavy atom. The van der Waals surface area contributed by atoms with Crippen molar-refractivity contribution in [1.29, 1.82) is 0 Å². The van der Waals surface area contributed by atoms with Gasteiger partial charge in [-0.3, -0.25) is 0 Å².